The van der Waals surface area contributed by atoms with Crippen LogP contribution in [0.1, 0.15) is 0 Å². The van der Waals surface area contributed by atoms with E-state index in [-0.39, 0.29) is 0 Å². The van der Waals surface area contributed by atoms with Crippen LogP contribution in [0.3, 0.4) is 0 Å². The summed E-state index contributed by atoms with van der Waals surface area (Å²) in [5, 5.41) is 8.61. The first-order valence-corrected chi connectivity index (χ1v) is 18.5. The zero-order valence-electron chi connectivity index (χ0n) is 28.1. The Labute approximate surface area is 304 Å². The van der Waals surface area contributed by atoms with E-state index in [4.69, 9.17) is 4.98 Å². The lowest BCUT2D eigenvalue weighted by atomic mass is 9.92. The highest BCUT2D eigenvalue weighted by Crippen LogP contribution is 2.44. The first-order chi connectivity index (χ1) is 25.8. The Hall–Kier alpha value is -6.55. The van der Waals surface area contributed by atoms with Gasteiger partial charge >= 0.3 is 0 Å². The van der Waals surface area contributed by atoms with Crippen LogP contribution in [0.2, 0.25) is 0 Å². The van der Waals surface area contributed by atoms with E-state index in [9.17, 15) is 0 Å². The fourth-order valence-corrected chi connectivity index (χ4v) is 9.42. The Morgan fingerprint density at radius 1 is 0.404 bits per heavy atom. The van der Waals surface area contributed by atoms with Crippen molar-refractivity contribution in [1.29, 1.82) is 0 Å². The summed E-state index contributed by atoms with van der Waals surface area (Å²) in [4.78, 5) is 5.36. The second-order valence-electron chi connectivity index (χ2n) is 13.5. The number of hydrogen-bond acceptors (Lipinski definition) is 2. The standard InChI is InChI=1S/C49H30N2S/c1-2-14-32(15-3-1)44-30-43(41-26-25-31-13-4-5-16-36(31)48(41)50-44)34-27-33(37-20-12-21-42-40-19-8-11-24-47(40)52-49(37)42)28-35(29-34)51-45-22-9-6-17-38(45)39-18-7-10-23-46(39)51/h1-30H. The number of aromatic nitrogens is 2. The van der Waals surface area contributed by atoms with Crippen LogP contribution in [0.4, 0.5) is 0 Å². The third-order valence-electron chi connectivity index (χ3n) is 10.6. The van der Waals surface area contributed by atoms with E-state index in [1.165, 1.54) is 64.1 Å². The fraction of sp³-hybridized carbons (Fsp3) is 0. The Bertz CT molecular complexity index is 3130. The number of para-hydroxylation sites is 2. The number of fused-ring (bicyclic) bond motifs is 9. The number of benzene rings is 8. The lowest BCUT2D eigenvalue weighted by Crippen LogP contribution is -1.97. The summed E-state index contributed by atoms with van der Waals surface area (Å²) in [6.45, 7) is 0. The van der Waals surface area contributed by atoms with Crippen LogP contribution in [0.15, 0.2) is 182 Å². The van der Waals surface area contributed by atoms with E-state index in [0.29, 0.717) is 0 Å². The van der Waals surface area contributed by atoms with Gasteiger partial charge < -0.3 is 4.57 Å². The normalized spacial score (nSPS) is 11.8. The number of rotatable bonds is 4. The molecule has 0 aliphatic carbocycles. The van der Waals surface area contributed by atoms with Crippen molar-refractivity contribution in [3.63, 3.8) is 0 Å². The molecule has 0 radical (unpaired) electrons. The van der Waals surface area contributed by atoms with Crippen molar-refractivity contribution >= 4 is 75.0 Å². The molecule has 242 valence electrons. The van der Waals surface area contributed by atoms with Gasteiger partial charge in [-0.1, -0.05) is 140 Å². The van der Waals surface area contributed by atoms with Gasteiger partial charge in [-0.2, -0.15) is 0 Å². The van der Waals surface area contributed by atoms with Gasteiger partial charge in [0.25, 0.3) is 0 Å². The molecule has 8 aromatic carbocycles. The average molecular weight is 679 g/mol. The van der Waals surface area contributed by atoms with Gasteiger partial charge in [0.05, 0.1) is 22.2 Å². The van der Waals surface area contributed by atoms with Crippen LogP contribution in [0.25, 0.3) is 103 Å². The van der Waals surface area contributed by atoms with Crippen LogP contribution < -0.4 is 0 Å². The van der Waals surface area contributed by atoms with E-state index in [1.54, 1.807) is 0 Å². The molecule has 0 atom stereocenters. The van der Waals surface area contributed by atoms with E-state index in [1.807, 2.05) is 11.3 Å². The summed E-state index contributed by atoms with van der Waals surface area (Å²) in [6, 6.07) is 66.2. The predicted octanol–water partition coefficient (Wildman–Crippen LogP) is 13.9. The molecule has 3 aromatic heterocycles. The summed E-state index contributed by atoms with van der Waals surface area (Å²) >= 11 is 1.88. The molecule has 0 amide bonds. The molecule has 0 unspecified atom stereocenters. The monoisotopic (exact) mass is 678 g/mol. The van der Waals surface area contributed by atoms with Gasteiger partial charge in [-0.05, 0) is 70.1 Å². The quantitative estimate of drug-likeness (QED) is 0.169. The molecule has 11 aromatic rings. The predicted molar refractivity (Wildman–Crippen MR) is 223 cm³/mol. The van der Waals surface area contributed by atoms with Gasteiger partial charge in [0.2, 0.25) is 0 Å². The van der Waals surface area contributed by atoms with Crippen LogP contribution in [0.5, 0.6) is 0 Å². The maximum Gasteiger partial charge on any atom is 0.0794 e. The highest BCUT2D eigenvalue weighted by Gasteiger charge is 2.19. The summed E-state index contributed by atoms with van der Waals surface area (Å²) in [5.41, 5.74) is 11.4. The Morgan fingerprint density at radius 3 is 1.83 bits per heavy atom. The van der Waals surface area contributed by atoms with Crippen molar-refractivity contribution in [2.24, 2.45) is 0 Å². The average Bonchev–Trinajstić information content (AvgIpc) is 3.77. The summed E-state index contributed by atoms with van der Waals surface area (Å²) in [7, 11) is 0. The Kier molecular flexibility index (Phi) is 6.46. The summed E-state index contributed by atoms with van der Waals surface area (Å²) in [6.07, 6.45) is 0. The van der Waals surface area contributed by atoms with Gasteiger partial charge in [-0.15, -0.1) is 11.3 Å². The first kappa shape index (κ1) is 29.2. The zero-order valence-corrected chi connectivity index (χ0v) is 28.9. The summed E-state index contributed by atoms with van der Waals surface area (Å²) in [5.74, 6) is 0. The number of nitrogens with zero attached hydrogens (tertiary/aromatic N) is 2. The van der Waals surface area contributed by atoms with Crippen LogP contribution in [-0.4, -0.2) is 9.55 Å². The molecule has 52 heavy (non-hydrogen) atoms. The molecular weight excluding hydrogens is 649 g/mol. The van der Waals surface area contributed by atoms with Crippen molar-refractivity contribution in [3.05, 3.63) is 182 Å². The van der Waals surface area contributed by atoms with Gasteiger partial charge in [0, 0.05) is 53.0 Å². The SMILES string of the molecule is c1ccc(-c2cc(-c3cc(-c4cccc5c4sc4ccccc45)cc(-n4c5ccccc5c5ccccc54)c3)c3ccc4ccccc4c3n2)cc1. The van der Waals surface area contributed by atoms with E-state index in [0.717, 1.165) is 38.8 Å². The fourth-order valence-electron chi connectivity index (χ4n) is 8.18. The number of pyridine rings is 1. The lowest BCUT2D eigenvalue weighted by Gasteiger charge is -2.17. The first-order valence-electron chi connectivity index (χ1n) is 17.7. The van der Waals surface area contributed by atoms with Crippen molar-refractivity contribution in [1.82, 2.24) is 9.55 Å². The van der Waals surface area contributed by atoms with E-state index >= 15 is 0 Å². The zero-order chi connectivity index (χ0) is 34.2. The molecule has 0 fully saturated rings. The minimum absolute atomic E-state index is 0.967. The third kappa shape index (κ3) is 4.46. The van der Waals surface area contributed by atoms with Gasteiger partial charge in [0.15, 0.2) is 0 Å². The number of thiophene rings is 1. The second kappa shape index (κ2) is 11.5. The molecule has 3 heterocycles. The maximum absolute atomic E-state index is 5.36. The van der Waals surface area contributed by atoms with Gasteiger partial charge in [-0.25, -0.2) is 4.98 Å². The van der Waals surface area contributed by atoms with Crippen molar-refractivity contribution in [3.8, 4) is 39.2 Å². The molecule has 0 spiro atoms. The number of hydrogen-bond donors (Lipinski definition) is 0. The largest absolute Gasteiger partial charge is 0.309 e. The Morgan fingerprint density at radius 2 is 1.04 bits per heavy atom. The van der Waals surface area contributed by atoms with Crippen molar-refractivity contribution < 1.29 is 0 Å². The highest BCUT2D eigenvalue weighted by molar-refractivity contribution is 7.26. The highest BCUT2D eigenvalue weighted by atomic mass is 32.1. The molecule has 0 aliphatic heterocycles. The van der Waals surface area contributed by atoms with Crippen LogP contribution in [0, 0.1) is 0 Å². The Balaban J connectivity index is 1.27. The van der Waals surface area contributed by atoms with E-state index < -0.39 is 0 Å². The second-order valence-corrected chi connectivity index (χ2v) is 14.6. The molecule has 0 bridgehead atoms. The lowest BCUT2D eigenvalue weighted by molar-refractivity contribution is 1.18. The van der Waals surface area contributed by atoms with E-state index in [2.05, 4.69) is 187 Å². The van der Waals surface area contributed by atoms with Crippen LogP contribution in [-0.2, 0) is 0 Å². The van der Waals surface area contributed by atoms with Gasteiger partial charge in [-0.3, -0.25) is 0 Å². The van der Waals surface area contributed by atoms with Crippen LogP contribution >= 0.6 is 11.3 Å². The summed E-state index contributed by atoms with van der Waals surface area (Å²) < 4.78 is 5.06. The van der Waals surface area contributed by atoms with Gasteiger partial charge in [0.1, 0.15) is 0 Å². The van der Waals surface area contributed by atoms with Crippen molar-refractivity contribution in [2.75, 3.05) is 0 Å². The molecular formula is C49H30N2S. The molecule has 0 aliphatic rings. The minimum Gasteiger partial charge on any atom is -0.309 e. The molecule has 0 saturated carbocycles. The maximum atomic E-state index is 5.36. The smallest absolute Gasteiger partial charge is 0.0794 e. The minimum atomic E-state index is 0.967. The third-order valence-corrected chi connectivity index (χ3v) is 11.8. The molecule has 0 saturated heterocycles. The molecule has 11 rings (SSSR count). The molecule has 2 nitrogen and oxygen atoms in total. The van der Waals surface area contributed by atoms with Crippen molar-refractivity contribution in [2.45, 2.75) is 0 Å². The molecule has 3 heteroatoms. The molecule has 0 N–H and O–H groups in total. The topological polar surface area (TPSA) is 17.8 Å².